The van der Waals surface area contributed by atoms with E-state index in [4.69, 9.17) is 4.74 Å². The van der Waals surface area contributed by atoms with Gasteiger partial charge in [0.25, 0.3) is 0 Å². The smallest absolute Gasteiger partial charge is 0.410 e. The summed E-state index contributed by atoms with van der Waals surface area (Å²) >= 11 is 0. The van der Waals surface area contributed by atoms with Crippen LogP contribution in [0.15, 0.2) is 23.4 Å². The molecule has 0 spiro atoms. The Bertz CT molecular complexity index is 575. The van der Waals surface area contributed by atoms with E-state index in [1.165, 1.54) is 0 Å². The van der Waals surface area contributed by atoms with Gasteiger partial charge in [-0.05, 0) is 64.2 Å². The average molecular weight is 338 g/mol. The molecular weight excluding hydrogens is 312 g/mol. The molecule has 1 aromatic heterocycles. The minimum absolute atomic E-state index is 0.252. The third-order valence-corrected chi connectivity index (χ3v) is 5.24. The third kappa shape index (κ3) is 5.61. The summed E-state index contributed by atoms with van der Waals surface area (Å²) in [6, 6.07) is 3.78. The Morgan fingerprint density at radius 3 is 2.61 bits per heavy atom. The standard InChI is InChI=1S/C17H26N2O3S/c1-13-5-8-18-15(11-13)23(21)12-14-6-9-19(10-7-14)16(20)22-17(2,3)4/h5,8,11,14H,6-7,9-10,12H2,1-4H3. The second-order valence-corrected chi connectivity index (χ2v) is 8.54. The normalized spacial score (nSPS) is 17.8. The number of hydrogen-bond acceptors (Lipinski definition) is 4. The summed E-state index contributed by atoms with van der Waals surface area (Å²) in [5.74, 6) is 0.968. The van der Waals surface area contributed by atoms with E-state index in [9.17, 15) is 9.00 Å². The van der Waals surface area contributed by atoms with Crippen LogP contribution in [0.1, 0.15) is 39.2 Å². The fourth-order valence-corrected chi connectivity index (χ4v) is 3.97. The Kier molecular flexibility index (Phi) is 5.79. The number of aromatic nitrogens is 1. The van der Waals surface area contributed by atoms with Crippen molar-refractivity contribution in [3.63, 3.8) is 0 Å². The first kappa shape index (κ1) is 17.9. The predicted molar refractivity (Wildman–Crippen MR) is 90.8 cm³/mol. The molecule has 1 aliphatic heterocycles. The second kappa shape index (κ2) is 7.43. The van der Waals surface area contributed by atoms with Gasteiger partial charge >= 0.3 is 6.09 Å². The number of aryl methyl sites for hydroxylation is 1. The number of carbonyl (C=O) groups is 1. The van der Waals surface area contributed by atoms with Crippen LogP contribution in [0.4, 0.5) is 4.79 Å². The van der Waals surface area contributed by atoms with Crippen molar-refractivity contribution >= 4 is 16.9 Å². The molecular formula is C17H26N2O3S. The zero-order valence-corrected chi connectivity index (χ0v) is 15.2. The molecule has 1 aliphatic rings. The molecule has 1 aromatic rings. The third-order valence-electron chi connectivity index (χ3n) is 3.78. The van der Waals surface area contributed by atoms with Crippen LogP contribution in [0.25, 0.3) is 0 Å². The van der Waals surface area contributed by atoms with Crippen LogP contribution in [0.2, 0.25) is 0 Å². The summed E-state index contributed by atoms with van der Waals surface area (Å²) in [6.07, 6.45) is 3.17. The molecule has 2 rings (SSSR count). The van der Waals surface area contributed by atoms with Crippen LogP contribution < -0.4 is 0 Å². The molecule has 0 bridgehead atoms. The Morgan fingerprint density at radius 1 is 1.39 bits per heavy atom. The number of ether oxygens (including phenoxy) is 1. The van der Waals surface area contributed by atoms with Crippen molar-refractivity contribution in [3.05, 3.63) is 23.9 Å². The largest absolute Gasteiger partial charge is 0.444 e. The van der Waals surface area contributed by atoms with Gasteiger partial charge in [-0.1, -0.05) is 0 Å². The number of likely N-dealkylation sites (tertiary alicyclic amines) is 1. The van der Waals surface area contributed by atoms with Gasteiger partial charge in [-0.15, -0.1) is 0 Å². The van der Waals surface area contributed by atoms with Gasteiger partial charge in [0.1, 0.15) is 10.6 Å². The number of hydrogen-bond donors (Lipinski definition) is 0. The Hall–Kier alpha value is -1.43. The van der Waals surface area contributed by atoms with Crippen LogP contribution in [0.3, 0.4) is 0 Å². The number of nitrogens with zero attached hydrogens (tertiary/aromatic N) is 2. The maximum atomic E-state index is 12.4. The molecule has 23 heavy (non-hydrogen) atoms. The molecule has 128 valence electrons. The van der Waals surface area contributed by atoms with E-state index < -0.39 is 16.4 Å². The predicted octanol–water partition coefficient (Wildman–Crippen LogP) is 3.14. The van der Waals surface area contributed by atoms with E-state index in [2.05, 4.69) is 4.98 Å². The molecule has 0 saturated carbocycles. The lowest BCUT2D eigenvalue weighted by molar-refractivity contribution is 0.0191. The molecule has 1 saturated heterocycles. The SMILES string of the molecule is Cc1ccnc(S(=O)CC2CCN(C(=O)OC(C)(C)C)CC2)c1. The minimum atomic E-state index is -1.07. The fourth-order valence-electron chi connectivity index (χ4n) is 2.54. The summed E-state index contributed by atoms with van der Waals surface area (Å²) < 4.78 is 17.8. The first-order chi connectivity index (χ1) is 10.7. The zero-order valence-electron chi connectivity index (χ0n) is 14.4. The number of carbonyl (C=O) groups excluding carboxylic acids is 1. The van der Waals surface area contributed by atoms with E-state index in [0.29, 0.717) is 29.8 Å². The maximum absolute atomic E-state index is 12.4. The first-order valence-electron chi connectivity index (χ1n) is 8.03. The highest BCUT2D eigenvalue weighted by Crippen LogP contribution is 2.22. The van der Waals surface area contributed by atoms with Crippen molar-refractivity contribution in [2.75, 3.05) is 18.8 Å². The molecule has 0 aromatic carbocycles. The van der Waals surface area contributed by atoms with Crippen LogP contribution in [0, 0.1) is 12.8 Å². The highest BCUT2D eigenvalue weighted by atomic mass is 32.2. The summed E-state index contributed by atoms with van der Waals surface area (Å²) in [7, 11) is -1.07. The van der Waals surface area contributed by atoms with Gasteiger partial charge in [0.05, 0.1) is 10.8 Å². The van der Waals surface area contributed by atoms with Crippen molar-refractivity contribution in [1.82, 2.24) is 9.88 Å². The van der Waals surface area contributed by atoms with E-state index in [0.717, 1.165) is 18.4 Å². The molecule has 1 atom stereocenters. The summed E-state index contributed by atoms with van der Waals surface area (Å²) in [6.45, 7) is 8.92. The maximum Gasteiger partial charge on any atom is 0.410 e. The quantitative estimate of drug-likeness (QED) is 0.849. The lowest BCUT2D eigenvalue weighted by atomic mass is 9.99. The van der Waals surface area contributed by atoms with Gasteiger partial charge < -0.3 is 9.64 Å². The first-order valence-corrected chi connectivity index (χ1v) is 9.35. The van der Waals surface area contributed by atoms with Crippen LogP contribution >= 0.6 is 0 Å². The topological polar surface area (TPSA) is 59.5 Å². The molecule has 0 aliphatic carbocycles. The van der Waals surface area contributed by atoms with E-state index in [1.54, 1.807) is 11.1 Å². The van der Waals surface area contributed by atoms with E-state index in [-0.39, 0.29) is 6.09 Å². The van der Waals surface area contributed by atoms with Gasteiger partial charge in [0.2, 0.25) is 0 Å². The molecule has 1 amide bonds. The van der Waals surface area contributed by atoms with Crippen molar-refractivity contribution in [2.24, 2.45) is 5.92 Å². The van der Waals surface area contributed by atoms with Crippen LogP contribution in [-0.2, 0) is 15.5 Å². The fraction of sp³-hybridized carbons (Fsp3) is 0.647. The molecule has 1 fully saturated rings. The minimum Gasteiger partial charge on any atom is -0.444 e. The number of piperidine rings is 1. The second-order valence-electron chi connectivity index (χ2n) is 7.09. The van der Waals surface area contributed by atoms with Gasteiger partial charge in [0, 0.05) is 25.0 Å². The van der Waals surface area contributed by atoms with Crippen LogP contribution in [0.5, 0.6) is 0 Å². The van der Waals surface area contributed by atoms with Gasteiger partial charge in [-0.25, -0.2) is 9.78 Å². The van der Waals surface area contributed by atoms with Gasteiger partial charge in [-0.3, -0.25) is 4.21 Å². The van der Waals surface area contributed by atoms with E-state index >= 15 is 0 Å². The highest BCUT2D eigenvalue weighted by Gasteiger charge is 2.27. The molecule has 6 heteroatoms. The summed E-state index contributed by atoms with van der Waals surface area (Å²) in [5.41, 5.74) is 0.606. The van der Waals surface area contributed by atoms with Crippen molar-refractivity contribution in [1.29, 1.82) is 0 Å². The molecule has 5 nitrogen and oxygen atoms in total. The highest BCUT2D eigenvalue weighted by molar-refractivity contribution is 7.84. The monoisotopic (exact) mass is 338 g/mol. The Morgan fingerprint density at radius 2 is 2.04 bits per heavy atom. The molecule has 2 heterocycles. The molecule has 0 N–H and O–H groups in total. The number of pyridine rings is 1. The lowest BCUT2D eigenvalue weighted by Crippen LogP contribution is -2.42. The van der Waals surface area contributed by atoms with Crippen molar-refractivity contribution < 1.29 is 13.7 Å². The van der Waals surface area contributed by atoms with Gasteiger partial charge in [-0.2, -0.15) is 0 Å². The number of rotatable bonds is 3. The van der Waals surface area contributed by atoms with Crippen LogP contribution in [-0.4, -0.2) is 44.6 Å². The van der Waals surface area contributed by atoms with E-state index in [1.807, 2.05) is 39.8 Å². The van der Waals surface area contributed by atoms with Crippen molar-refractivity contribution in [3.8, 4) is 0 Å². The zero-order chi connectivity index (χ0) is 17.0. The molecule has 0 radical (unpaired) electrons. The average Bonchev–Trinajstić information content (AvgIpc) is 2.46. The Labute approximate surface area is 140 Å². The molecule has 1 unspecified atom stereocenters. The summed E-state index contributed by atoms with van der Waals surface area (Å²) in [4.78, 5) is 18.0. The lowest BCUT2D eigenvalue weighted by Gasteiger charge is -2.33. The summed E-state index contributed by atoms with van der Waals surface area (Å²) in [5, 5.41) is 0.652. The number of amides is 1. The van der Waals surface area contributed by atoms with Gasteiger partial charge in [0.15, 0.2) is 0 Å². The van der Waals surface area contributed by atoms with Crippen molar-refractivity contribution in [2.45, 2.75) is 51.2 Å². The Balaban J connectivity index is 1.83.